The van der Waals surface area contributed by atoms with Gasteiger partial charge in [-0.3, -0.25) is 0 Å². The fourth-order valence-corrected chi connectivity index (χ4v) is 3.74. The maximum Gasteiger partial charge on any atom is 0.260 e. The highest BCUT2D eigenvalue weighted by molar-refractivity contribution is 7.89. The molecule has 1 aromatic heterocycles. The molecule has 0 aliphatic rings. The first-order valence-corrected chi connectivity index (χ1v) is 8.99. The highest BCUT2D eigenvalue weighted by atomic mass is 32.2. The van der Waals surface area contributed by atoms with Crippen molar-refractivity contribution in [1.29, 1.82) is 0 Å². The van der Waals surface area contributed by atoms with Crippen LogP contribution in [0.4, 0.5) is 0 Å². The molecule has 0 aliphatic carbocycles. The molecule has 7 heteroatoms. The predicted octanol–water partition coefficient (Wildman–Crippen LogP) is 1.71. The minimum Gasteiger partial charge on any atom is -0.332 e. The normalized spacial score (nSPS) is 12.8. The summed E-state index contributed by atoms with van der Waals surface area (Å²) in [7, 11) is -3.50. The van der Waals surface area contributed by atoms with E-state index in [0.717, 1.165) is 19.6 Å². The van der Waals surface area contributed by atoms with Crippen LogP contribution in [-0.2, 0) is 10.0 Å². The number of H-pyrrole nitrogens is 1. The monoisotopic (exact) mass is 316 g/mol. The molecule has 0 amide bonds. The number of aromatic nitrogens is 2. The molecule has 0 fully saturated rings. The van der Waals surface area contributed by atoms with E-state index in [4.69, 9.17) is 0 Å². The molecular formula is C14H28N4O2S. The molecule has 0 atom stereocenters. The van der Waals surface area contributed by atoms with Crippen molar-refractivity contribution < 1.29 is 8.42 Å². The summed E-state index contributed by atoms with van der Waals surface area (Å²) in [5.41, 5.74) is 0. The summed E-state index contributed by atoms with van der Waals surface area (Å²) < 4.78 is 27.0. The first-order chi connectivity index (χ1) is 9.81. The highest BCUT2D eigenvalue weighted by Crippen LogP contribution is 2.15. The second-order valence-electron chi connectivity index (χ2n) is 5.62. The molecule has 0 aliphatic heterocycles. The lowest BCUT2D eigenvalue weighted by Crippen LogP contribution is -2.40. The van der Waals surface area contributed by atoms with Gasteiger partial charge in [-0.25, -0.2) is 13.4 Å². The Bertz CT molecular complexity index is 521. The summed E-state index contributed by atoms with van der Waals surface area (Å²) in [5.74, 6) is 0.891. The summed E-state index contributed by atoms with van der Waals surface area (Å²) in [6.45, 7) is 13.6. The summed E-state index contributed by atoms with van der Waals surface area (Å²) >= 11 is 0. The number of likely N-dealkylation sites (N-methyl/N-ethyl adjacent to an activating group) is 1. The van der Waals surface area contributed by atoms with Gasteiger partial charge in [0, 0.05) is 19.6 Å². The Balaban J connectivity index is 2.90. The van der Waals surface area contributed by atoms with Crippen LogP contribution < -0.4 is 0 Å². The molecule has 1 aromatic rings. The molecule has 0 aromatic carbocycles. The van der Waals surface area contributed by atoms with Gasteiger partial charge in [0.05, 0.1) is 6.20 Å². The van der Waals surface area contributed by atoms with Crippen molar-refractivity contribution in [2.24, 2.45) is 5.92 Å². The number of aryl methyl sites for hydroxylation is 1. The van der Waals surface area contributed by atoms with Crippen LogP contribution in [0, 0.1) is 12.8 Å². The van der Waals surface area contributed by atoms with Crippen molar-refractivity contribution in [3.8, 4) is 0 Å². The number of nitrogens with zero attached hydrogens (tertiary/aromatic N) is 3. The van der Waals surface area contributed by atoms with Crippen LogP contribution in [0.15, 0.2) is 11.2 Å². The number of aromatic amines is 1. The molecule has 1 heterocycles. The Morgan fingerprint density at radius 3 is 2.29 bits per heavy atom. The van der Waals surface area contributed by atoms with Crippen LogP contribution in [-0.4, -0.2) is 60.3 Å². The minimum absolute atomic E-state index is 0.181. The van der Waals surface area contributed by atoms with Gasteiger partial charge in [0.2, 0.25) is 0 Å². The van der Waals surface area contributed by atoms with Gasteiger partial charge < -0.3 is 9.88 Å². The summed E-state index contributed by atoms with van der Waals surface area (Å²) in [6, 6.07) is 0. The fraction of sp³-hybridized carbons (Fsp3) is 0.786. The van der Waals surface area contributed by atoms with E-state index < -0.39 is 10.0 Å². The van der Waals surface area contributed by atoms with Gasteiger partial charge in [-0.05, 0) is 25.9 Å². The van der Waals surface area contributed by atoms with Gasteiger partial charge in [0.1, 0.15) is 5.82 Å². The van der Waals surface area contributed by atoms with Crippen molar-refractivity contribution in [2.75, 3.05) is 32.7 Å². The zero-order valence-corrected chi connectivity index (χ0v) is 14.6. The molecule has 6 nitrogen and oxygen atoms in total. The van der Waals surface area contributed by atoms with E-state index in [1.807, 2.05) is 13.8 Å². The zero-order chi connectivity index (χ0) is 16.0. The lowest BCUT2D eigenvalue weighted by atomic mass is 10.2. The molecule has 0 unspecified atom stereocenters. The maximum atomic E-state index is 12.7. The van der Waals surface area contributed by atoms with Crippen LogP contribution in [0.25, 0.3) is 0 Å². The predicted molar refractivity (Wildman–Crippen MR) is 84.7 cm³/mol. The van der Waals surface area contributed by atoms with Gasteiger partial charge in [-0.15, -0.1) is 0 Å². The van der Waals surface area contributed by atoms with Crippen LogP contribution >= 0.6 is 0 Å². The Morgan fingerprint density at radius 1 is 1.24 bits per heavy atom. The second-order valence-corrected chi connectivity index (χ2v) is 7.52. The van der Waals surface area contributed by atoms with Crippen LogP contribution in [0.1, 0.15) is 33.5 Å². The third-order valence-electron chi connectivity index (χ3n) is 3.43. The van der Waals surface area contributed by atoms with Crippen molar-refractivity contribution in [1.82, 2.24) is 19.2 Å². The van der Waals surface area contributed by atoms with E-state index in [-0.39, 0.29) is 10.9 Å². The third-order valence-corrected chi connectivity index (χ3v) is 5.20. The SMILES string of the molecule is CCN(CC)CCN(CC(C)C)S(=O)(=O)c1cnc(C)[nH]1. The maximum absolute atomic E-state index is 12.7. The molecule has 21 heavy (non-hydrogen) atoms. The Morgan fingerprint density at radius 2 is 1.86 bits per heavy atom. The molecule has 1 N–H and O–H groups in total. The van der Waals surface area contributed by atoms with E-state index >= 15 is 0 Å². The lowest BCUT2D eigenvalue weighted by molar-refractivity contribution is 0.262. The first kappa shape index (κ1) is 18.1. The van der Waals surface area contributed by atoms with E-state index in [2.05, 4.69) is 28.7 Å². The first-order valence-electron chi connectivity index (χ1n) is 7.55. The number of nitrogens with one attached hydrogen (secondary N) is 1. The summed E-state index contributed by atoms with van der Waals surface area (Å²) in [5, 5.41) is 0.181. The zero-order valence-electron chi connectivity index (χ0n) is 13.8. The number of imidazole rings is 1. The van der Waals surface area contributed by atoms with Crippen molar-refractivity contribution in [3.63, 3.8) is 0 Å². The van der Waals surface area contributed by atoms with Crippen LogP contribution in [0.5, 0.6) is 0 Å². The van der Waals surface area contributed by atoms with Gasteiger partial charge >= 0.3 is 0 Å². The average Bonchev–Trinajstić information content (AvgIpc) is 2.85. The summed E-state index contributed by atoms with van der Waals surface area (Å²) in [4.78, 5) is 9.05. The molecule has 0 saturated heterocycles. The summed E-state index contributed by atoms with van der Waals surface area (Å²) in [6.07, 6.45) is 1.40. The molecule has 122 valence electrons. The van der Waals surface area contributed by atoms with Gasteiger partial charge in [-0.2, -0.15) is 4.31 Å². The van der Waals surface area contributed by atoms with Crippen molar-refractivity contribution >= 4 is 10.0 Å². The van der Waals surface area contributed by atoms with Gasteiger partial charge in [0.25, 0.3) is 10.0 Å². The Hall–Kier alpha value is -0.920. The van der Waals surface area contributed by atoms with E-state index in [1.165, 1.54) is 6.20 Å². The molecular weight excluding hydrogens is 288 g/mol. The smallest absolute Gasteiger partial charge is 0.260 e. The molecule has 0 saturated carbocycles. The molecule has 1 rings (SSSR count). The number of sulfonamides is 1. The average molecular weight is 316 g/mol. The quantitative estimate of drug-likeness (QED) is 0.753. The number of hydrogen-bond donors (Lipinski definition) is 1. The largest absolute Gasteiger partial charge is 0.332 e. The molecule has 0 radical (unpaired) electrons. The van der Waals surface area contributed by atoms with E-state index in [9.17, 15) is 8.42 Å². The van der Waals surface area contributed by atoms with Crippen molar-refractivity contribution in [2.45, 2.75) is 39.6 Å². The standard InChI is InChI=1S/C14H28N4O2S/c1-6-17(7-2)8-9-18(11-12(3)4)21(19,20)14-10-15-13(5)16-14/h10,12H,6-9,11H2,1-5H3,(H,15,16). The second kappa shape index (κ2) is 7.91. The Kier molecular flexibility index (Phi) is 6.83. The number of hydrogen-bond acceptors (Lipinski definition) is 4. The topological polar surface area (TPSA) is 69.3 Å². The third kappa shape index (κ3) is 5.09. The molecule has 0 spiro atoms. The van der Waals surface area contributed by atoms with Crippen LogP contribution in [0.3, 0.4) is 0 Å². The highest BCUT2D eigenvalue weighted by Gasteiger charge is 2.27. The lowest BCUT2D eigenvalue weighted by Gasteiger charge is -2.26. The van der Waals surface area contributed by atoms with E-state index in [0.29, 0.717) is 18.9 Å². The van der Waals surface area contributed by atoms with Gasteiger partial charge in [-0.1, -0.05) is 27.7 Å². The molecule has 0 bridgehead atoms. The fourth-order valence-electron chi connectivity index (χ4n) is 2.18. The minimum atomic E-state index is -3.50. The Labute approximate surface area is 128 Å². The van der Waals surface area contributed by atoms with Crippen molar-refractivity contribution in [3.05, 3.63) is 12.0 Å². The number of rotatable bonds is 9. The van der Waals surface area contributed by atoms with Gasteiger partial charge in [0.15, 0.2) is 5.03 Å². The van der Waals surface area contributed by atoms with E-state index in [1.54, 1.807) is 11.2 Å². The van der Waals surface area contributed by atoms with Crippen LogP contribution in [0.2, 0.25) is 0 Å².